The summed E-state index contributed by atoms with van der Waals surface area (Å²) in [7, 11) is 0. The molecule has 0 aliphatic carbocycles. The van der Waals surface area contributed by atoms with E-state index in [1.807, 2.05) is 0 Å². The first-order valence-electron chi connectivity index (χ1n) is 5.97. The Bertz CT molecular complexity index is 644. The molecule has 0 saturated carbocycles. The number of benzene rings is 2. The van der Waals surface area contributed by atoms with E-state index in [1.165, 1.54) is 6.07 Å². The molecule has 0 saturated heterocycles. The molecule has 20 heavy (non-hydrogen) atoms. The third-order valence-corrected chi connectivity index (χ3v) is 3.13. The Balaban J connectivity index is 2.21. The van der Waals surface area contributed by atoms with Crippen molar-refractivity contribution >= 4 is 17.3 Å². The normalized spacial score (nSPS) is 11.4. The fourth-order valence-corrected chi connectivity index (χ4v) is 1.95. The van der Waals surface area contributed by atoms with Crippen molar-refractivity contribution in [1.82, 2.24) is 0 Å². The molecule has 2 rings (SSSR count). The zero-order valence-corrected chi connectivity index (χ0v) is 11.6. The quantitative estimate of drug-likeness (QED) is 0.520. The Kier molecular flexibility index (Phi) is 4.58. The van der Waals surface area contributed by atoms with Gasteiger partial charge in [0, 0.05) is 11.1 Å². The molecule has 0 radical (unpaired) electrons. The highest BCUT2D eigenvalue weighted by Gasteiger charge is 2.10. The van der Waals surface area contributed by atoms with E-state index < -0.39 is 5.82 Å². The van der Waals surface area contributed by atoms with Gasteiger partial charge < -0.3 is 9.94 Å². The van der Waals surface area contributed by atoms with Crippen LogP contribution in [0.5, 0.6) is 5.75 Å². The highest BCUT2D eigenvalue weighted by atomic mass is 35.5. The van der Waals surface area contributed by atoms with Crippen LogP contribution in [0.3, 0.4) is 0 Å². The highest BCUT2D eigenvalue weighted by Crippen LogP contribution is 2.23. The van der Waals surface area contributed by atoms with Gasteiger partial charge in [-0.25, -0.2) is 4.39 Å². The summed E-state index contributed by atoms with van der Waals surface area (Å²) in [5.74, 6) is 0.0290. The first-order valence-corrected chi connectivity index (χ1v) is 6.35. The second-order valence-electron chi connectivity index (χ2n) is 4.18. The van der Waals surface area contributed by atoms with Crippen molar-refractivity contribution in [2.75, 3.05) is 0 Å². The molecule has 0 bridgehead atoms. The summed E-state index contributed by atoms with van der Waals surface area (Å²) in [5, 5.41) is 12.0. The molecular weight excluding hydrogens is 281 g/mol. The van der Waals surface area contributed by atoms with Crippen LogP contribution < -0.4 is 4.74 Å². The maximum Gasteiger partial charge on any atom is 0.148 e. The van der Waals surface area contributed by atoms with Gasteiger partial charge in [-0.1, -0.05) is 41.0 Å². The summed E-state index contributed by atoms with van der Waals surface area (Å²) in [5.41, 5.74) is 1.44. The Hall–Kier alpha value is -2.07. The van der Waals surface area contributed by atoms with E-state index in [0.29, 0.717) is 22.6 Å². The molecule has 0 fully saturated rings. The standard InChI is InChI=1S/C15H13ClFNO2/c1-10(18-19)12-6-2-3-8-14(12)20-9-11-5-4-7-13(16)15(11)17/h2-8,19H,9H2,1H3/b18-10-. The lowest BCUT2D eigenvalue weighted by atomic mass is 10.1. The number of nitrogens with zero attached hydrogens (tertiary/aromatic N) is 1. The van der Waals surface area contributed by atoms with Gasteiger partial charge in [0.15, 0.2) is 0 Å². The van der Waals surface area contributed by atoms with E-state index in [1.54, 1.807) is 43.3 Å². The topological polar surface area (TPSA) is 41.8 Å². The van der Waals surface area contributed by atoms with Crippen LogP contribution in [-0.2, 0) is 6.61 Å². The van der Waals surface area contributed by atoms with Crippen LogP contribution in [0.1, 0.15) is 18.1 Å². The molecule has 1 N–H and O–H groups in total. The number of oxime groups is 1. The van der Waals surface area contributed by atoms with Gasteiger partial charge in [0.2, 0.25) is 0 Å². The van der Waals surface area contributed by atoms with Gasteiger partial charge in [-0.3, -0.25) is 0 Å². The number of hydrogen-bond acceptors (Lipinski definition) is 3. The zero-order chi connectivity index (χ0) is 14.5. The number of rotatable bonds is 4. The molecule has 104 valence electrons. The van der Waals surface area contributed by atoms with E-state index >= 15 is 0 Å². The van der Waals surface area contributed by atoms with Crippen LogP contribution >= 0.6 is 11.6 Å². The zero-order valence-electron chi connectivity index (χ0n) is 10.8. The van der Waals surface area contributed by atoms with E-state index in [0.717, 1.165) is 0 Å². The van der Waals surface area contributed by atoms with E-state index in [2.05, 4.69) is 5.16 Å². The van der Waals surface area contributed by atoms with Gasteiger partial charge in [0.25, 0.3) is 0 Å². The molecule has 2 aromatic carbocycles. The molecule has 0 aliphatic heterocycles. The third-order valence-electron chi connectivity index (χ3n) is 2.84. The molecule has 0 aliphatic rings. The third kappa shape index (κ3) is 3.08. The van der Waals surface area contributed by atoms with Gasteiger partial charge in [0.05, 0.1) is 10.7 Å². The lowest BCUT2D eigenvalue weighted by Gasteiger charge is -2.11. The minimum Gasteiger partial charge on any atom is -0.488 e. The van der Waals surface area contributed by atoms with Gasteiger partial charge in [-0.15, -0.1) is 0 Å². The van der Waals surface area contributed by atoms with Crippen LogP contribution in [0.4, 0.5) is 4.39 Å². The summed E-state index contributed by atoms with van der Waals surface area (Å²) < 4.78 is 19.3. The molecule has 0 heterocycles. The van der Waals surface area contributed by atoms with Gasteiger partial charge in [-0.05, 0) is 25.1 Å². The maximum absolute atomic E-state index is 13.8. The maximum atomic E-state index is 13.8. The van der Waals surface area contributed by atoms with Crippen LogP contribution in [0.2, 0.25) is 5.02 Å². The van der Waals surface area contributed by atoms with Gasteiger partial charge >= 0.3 is 0 Å². The summed E-state index contributed by atoms with van der Waals surface area (Å²) >= 11 is 5.72. The predicted octanol–water partition coefficient (Wildman–Crippen LogP) is 4.26. The van der Waals surface area contributed by atoms with E-state index in [9.17, 15) is 4.39 Å². The van der Waals surface area contributed by atoms with Crippen molar-refractivity contribution in [3.63, 3.8) is 0 Å². The fraction of sp³-hybridized carbons (Fsp3) is 0.133. The molecule has 0 amide bonds. The monoisotopic (exact) mass is 293 g/mol. The van der Waals surface area contributed by atoms with Crippen molar-refractivity contribution in [2.45, 2.75) is 13.5 Å². The highest BCUT2D eigenvalue weighted by molar-refractivity contribution is 6.30. The van der Waals surface area contributed by atoms with Crippen LogP contribution in [0.15, 0.2) is 47.6 Å². The minimum atomic E-state index is -0.487. The number of hydrogen-bond donors (Lipinski definition) is 1. The first-order chi connectivity index (χ1) is 9.63. The molecule has 0 aromatic heterocycles. The molecule has 2 aromatic rings. The second-order valence-corrected chi connectivity index (χ2v) is 4.59. The largest absolute Gasteiger partial charge is 0.488 e. The lowest BCUT2D eigenvalue weighted by Crippen LogP contribution is -2.03. The smallest absolute Gasteiger partial charge is 0.148 e. The molecule has 0 spiro atoms. The molecular formula is C15H13ClFNO2. The van der Waals surface area contributed by atoms with Gasteiger partial charge in [0.1, 0.15) is 18.2 Å². The fourth-order valence-electron chi connectivity index (χ4n) is 1.76. The van der Waals surface area contributed by atoms with Crippen molar-refractivity contribution in [1.29, 1.82) is 0 Å². The molecule has 0 atom stereocenters. The SMILES string of the molecule is C/C(=N/O)c1ccccc1OCc1cccc(Cl)c1F. The average Bonchev–Trinajstić information content (AvgIpc) is 2.48. The summed E-state index contributed by atoms with van der Waals surface area (Å²) in [4.78, 5) is 0. The molecule has 0 unspecified atom stereocenters. The Labute approximate surface area is 121 Å². The lowest BCUT2D eigenvalue weighted by molar-refractivity contribution is 0.297. The number of para-hydroxylation sites is 1. The van der Waals surface area contributed by atoms with E-state index in [4.69, 9.17) is 21.5 Å². The van der Waals surface area contributed by atoms with E-state index in [-0.39, 0.29) is 11.6 Å². The van der Waals surface area contributed by atoms with Crippen molar-refractivity contribution < 1.29 is 14.3 Å². The van der Waals surface area contributed by atoms with Crippen molar-refractivity contribution in [3.8, 4) is 5.75 Å². The van der Waals surface area contributed by atoms with Crippen LogP contribution in [-0.4, -0.2) is 10.9 Å². The Morgan fingerprint density at radius 1 is 1.25 bits per heavy atom. The van der Waals surface area contributed by atoms with Crippen molar-refractivity contribution in [2.24, 2.45) is 5.16 Å². The average molecular weight is 294 g/mol. The Morgan fingerprint density at radius 3 is 2.75 bits per heavy atom. The van der Waals surface area contributed by atoms with Crippen LogP contribution in [0.25, 0.3) is 0 Å². The summed E-state index contributed by atoms with van der Waals surface area (Å²) in [6.07, 6.45) is 0. The van der Waals surface area contributed by atoms with Gasteiger partial charge in [-0.2, -0.15) is 0 Å². The minimum absolute atomic E-state index is 0.0438. The number of halogens is 2. The van der Waals surface area contributed by atoms with Crippen LogP contribution in [0, 0.1) is 5.82 Å². The second kappa shape index (κ2) is 6.39. The first kappa shape index (κ1) is 14.3. The Morgan fingerprint density at radius 2 is 2.00 bits per heavy atom. The summed E-state index contributed by atoms with van der Waals surface area (Å²) in [6, 6.07) is 11.8. The van der Waals surface area contributed by atoms with Crippen molar-refractivity contribution in [3.05, 3.63) is 64.4 Å². The summed E-state index contributed by atoms with van der Waals surface area (Å²) in [6.45, 7) is 1.70. The molecule has 5 heteroatoms. The molecule has 3 nitrogen and oxygen atoms in total. The predicted molar refractivity (Wildman–Crippen MR) is 76.2 cm³/mol. The number of ether oxygens (including phenoxy) is 1.